The molecule has 1 heterocycles. The molecule has 7 heteroatoms. The van der Waals surface area contributed by atoms with E-state index >= 15 is 0 Å². The number of esters is 1. The number of rotatable bonds is 4. The van der Waals surface area contributed by atoms with Crippen LogP contribution >= 0.6 is 0 Å². The summed E-state index contributed by atoms with van der Waals surface area (Å²) in [7, 11) is 0. The number of nitrogens with one attached hydrogen (secondary N) is 1. The summed E-state index contributed by atoms with van der Waals surface area (Å²) in [5, 5.41) is 2.49. The van der Waals surface area contributed by atoms with Crippen molar-refractivity contribution in [3.63, 3.8) is 0 Å². The van der Waals surface area contributed by atoms with Crippen LogP contribution in [-0.4, -0.2) is 54.2 Å². The lowest BCUT2D eigenvalue weighted by Gasteiger charge is -2.27. The van der Waals surface area contributed by atoms with Gasteiger partial charge >= 0.3 is 12.1 Å². The first-order chi connectivity index (χ1) is 9.74. The molecule has 21 heavy (non-hydrogen) atoms. The third-order valence-corrected chi connectivity index (χ3v) is 2.90. The Balaban J connectivity index is 2.54. The van der Waals surface area contributed by atoms with Crippen molar-refractivity contribution in [3.8, 4) is 0 Å². The average molecular weight is 300 g/mol. The second kappa shape index (κ2) is 7.28. The molecule has 0 unspecified atom stereocenters. The quantitative estimate of drug-likeness (QED) is 0.785. The minimum absolute atomic E-state index is 0.189. The third-order valence-electron chi connectivity index (χ3n) is 2.90. The summed E-state index contributed by atoms with van der Waals surface area (Å²) < 4.78 is 10.0. The van der Waals surface area contributed by atoms with Gasteiger partial charge in [0.25, 0.3) is 0 Å². The molecule has 1 aliphatic rings. The fourth-order valence-electron chi connectivity index (χ4n) is 2.07. The van der Waals surface area contributed by atoms with Gasteiger partial charge in [0.1, 0.15) is 18.2 Å². The van der Waals surface area contributed by atoms with E-state index in [1.807, 2.05) is 0 Å². The molecule has 7 nitrogen and oxygen atoms in total. The van der Waals surface area contributed by atoms with Crippen LogP contribution in [0.15, 0.2) is 0 Å². The van der Waals surface area contributed by atoms with Gasteiger partial charge < -0.3 is 14.8 Å². The number of hydrogen-bond donors (Lipinski definition) is 1. The highest BCUT2D eigenvalue weighted by molar-refractivity contribution is 5.88. The lowest BCUT2D eigenvalue weighted by atomic mass is 10.2. The summed E-state index contributed by atoms with van der Waals surface area (Å²) >= 11 is 0. The monoisotopic (exact) mass is 300 g/mol. The minimum Gasteiger partial charge on any atom is -0.465 e. The van der Waals surface area contributed by atoms with Gasteiger partial charge in [-0.1, -0.05) is 0 Å². The van der Waals surface area contributed by atoms with Crippen LogP contribution in [0.5, 0.6) is 0 Å². The molecule has 0 spiro atoms. The molecule has 120 valence electrons. The van der Waals surface area contributed by atoms with Gasteiger partial charge in [-0.3, -0.25) is 14.5 Å². The SMILES string of the molecule is CCOC(=O)CNC(=O)[C@@H]1CCCN1C(=O)OC(C)(C)C. The van der Waals surface area contributed by atoms with Crippen LogP contribution in [0.25, 0.3) is 0 Å². The number of carbonyl (C=O) groups is 3. The van der Waals surface area contributed by atoms with Crippen LogP contribution in [0.1, 0.15) is 40.5 Å². The number of amides is 2. The molecular formula is C14H24N2O5. The van der Waals surface area contributed by atoms with Gasteiger partial charge in [-0.2, -0.15) is 0 Å². The van der Waals surface area contributed by atoms with Crippen LogP contribution in [0, 0.1) is 0 Å². The summed E-state index contributed by atoms with van der Waals surface area (Å²) in [6, 6.07) is -0.589. The lowest BCUT2D eigenvalue weighted by molar-refractivity contribution is -0.143. The number of hydrogen-bond acceptors (Lipinski definition) is 5. The molecule has 0 aliphatic carbocycles. The Kier molecular flexibility index (Phi) is 5.99. The summed E-state index contributed by atoms with van der Waals surface area (Å²) in [5.74, 6) is -0.848. The molecule has 0 aromatic carbocycles. The van der Waals surface area contributed by atoms with Crippen LogP contribution < -0.4 is 5.32 Å². The molecule has 1 rings (SSSR count). The van der Waals surface area contributed by atoms with E-state index in [2.05, 4.69) is 5.32 Å². The molecule has 0 radical (unpaired) electrons. The topological polar surface area (TPSA) is 84.9 Å². The van der Waals surface area contributed by atoms with Crippen LogP contribution in [0.3, 0.4) is 0 Å². The van der Waals surface area contributed by atoms with E-state index in [0.29, 0.717) is 13.0 Å². The second-order valence-corrected chi connectivity index (χ2v) is 5.85. The van der Waals surface area contributed by atoms with E-state index in [0.717, 1.165) is 6.42 Å². The van der Waals surface area contributed by atoms with Crippen molar-refractivity contribution in [1.29, 1.82) is 0 Å². The van der Waals surface area contributed by atoms with Crippen molar-refractivity contribution in [2.75, 3.05) is 19.7 Å². The Morgan fingerprint density at radius 3 is 2.52 bits per heavy atom. The highest BCUT2D eigenvalue weighted by atomic mass is 16.6. The zero-order valence-electron chi connectivity index (χ0n) is 13.1. The maximum absolute atomic E-state index is 12.1. The van der Waals surface area contributed by atoms with E-state index in [1.165, 1.54) is 4.90 Å². The number of carbonyl (C=O) groups excluding carboxylic acids is 3. The fraction of sp³-hybridized carbons (Fsp3) is 0.786. The molecule has 1 N–H and O–H groups in total. The van der Waals surface area contributed by atoms with Crippen molar-refractivity contribution in [2.45, 2.75) is 52.2 Å². The zero-order valence-corrected chi connectivity index (χ0v) is 13.1. The third kappa shape index (κ3) is 5.61. The smallest absolute Gasteiger partial charge is 0.410 e. The molecule has 0 aromatic rings. The Morgan fingerprint density at radius 2 is 1.95 bits per heavy atom. The normalized spacial score (nSPS) is 18.3. The second-order valence-electron chi connectivity index (χ2n) is 5.85. The summed E-state index contributed by atoms with van der Waals surface area (Å²) in [4.78, 5) is 36.7. The van der Waals surface area contributed by atoms with Crippen molar-refractivity contribution in [2.24, 2.45) is 0 Å². The van der Waals surface area contributed by atoms with Gasteiger partial charge in [0, 0.05) is 6.54 Å². The molecule has 1 aliphatic heterocycles. The molecule has 0 aromatic heterocycles. The minimum atomic E-state index is -0.606. The predicted octanol–water partition coefficient (Wildman–Crippen LogP) is 1.07. The first kappa shape index (κ1) is 17.3. The first-order valence-corrected chi connectivity index (χ1v) is 7.17. The summed E-state index contributed by atoms with van der Waals surface area (Å²) in [5.41, 5.74) is -0.606. The van der Waals surface area contributed by atoms with Gasteiger partial charge in [0.2, 0.25) is 5.91 Å². The average Bonchev–Trinajstić information content (AvgIpc) is 2.83. The van der Waals surface area contributed by atoms with E-state index < -0.39 is 23.7 Å². The standard InChI is InChI=1S/C14H24N2O5/c1-5-20-11(17)9-15-12(18)10-7-6-8-16(10)13(19)21-14(2,3)4/h10H,5-9H2,1-4H3,(H,15,18)/t10-/m0/s1. The first-order valence-electron chi connectivity index (χ1n) is 7.17. The highest BCUT2D eigenvalue weighted by Gasteiger charge is 2.36. The molecule has 1 atom stereocenters. The van der Waals surface area contributed by atoms with E-state index in [-0.39, 0.29) is 19.1 Å². The van der Waals surface area contributed by atoms with Crippen molar-refractivity contribution < 1.29 is 23.9 Å². The highest BCUT2D eigenvalue weighted by Crippen LogP contribution is 2.20. The summed E-state index contributed by atoms with van der Waals surface area (Å²) in [6.07, 6.45) is 0.793. The largest absolute Gasteiger partial charge is 0.465 e. The van der Waals surface area contributed by atoms with Gasteiger partial charge in [-0.15, -0.1) is 0 Å². The Hall–Kier alpha value is -1.79. The fourth-order valence-corrected chi connectivity index (χ4v) is 2.07. The maximum Gasteiger partial charge on any atom is 0.410 e. The number of likely N-dealkylation sites (tertiary alicyclic amines) is 1. The van der Waals surface area contributed by atoms with Crippen LogP contribution in [-0.2, 0) is 19.1 Å². The van der Waals surface area contributed by atoms with Gasteiger partial charge in [-0.05, 0) is 40.5 Å². The predicted molar refractivity (Wildman–Crippen MR) is 75.6 cm³/mol. The van der Waals surface area contributed by atoms with Crippen LogP contribution in [0.2, 0.25) is 0 Å². The molecule has 1 saturated heterocycles. The van der Waals surface area contributed by atoms with Crippen molar-refractivity contribution >= 4 is 18.0 Å². The van der Waals surface area contributed by atoms with Crippen molar-refractivity contribution in [1.82, 2.24) is 10.2 Å². The Labute approximate surface area is 124 Å². The molecule has 2 amide bonds. The Bertz CT molecular complexity index is 403. The Morgan fingerprint density at radius 1 is 1.29 bits per heavy atom. The van der Waals surface area contributed by atoms with Crippen LogP contribution in [0.4, 0.5) is 4.79 Å². The van der Waals surface area contributed by atoms with Crippen molar-refractivity contribution in [3.05, 3.63) is 0 Å². The number of ether oxygens (including phenoxy) is 2. The van der Waals surface area contributed by atoms with Gasteiger partial charge in [0.15, 0.2) is 0 Å². The van der Waals surface area contributed by atoms with E-state index in [9.17, 15) is 14.4 Å². The number of nitrogens with zero attached hydrogens (tertiary/aromatic N) is 1. The molecule has 0 saturated carbocycles. The van der Waals surface area contributed by atoms with Gasteiger partial charge in [0.05, 0.1) is 6.61 Å². The zero-order chi connectivity index (χ0) is 16.0. The lowest BCUT2D eigenvalue weighted by Crippen LogP contribution is -2.48. The van der Waals surface area contributed by atoms with Gasteiger partial charge in [-0.25, -0.2) is 4.79 Å². The molecule has 1 fully saturated rings. The molecule has 0 bridgehead atoms. The summed E-state index contributed by atoms with van der Waals surface area (Å²) in [6.45, 7) is 7.57. The maximum atomic E-state index is 12.1. The van der Waals surface area contributed by atoms with E-state index in [4.69, 9.17) is 9.47 Å². The van der Waals surface area contributed by atoms with E-state index in [1.54, 1.807) is 27.7 Å². The molecular weight excluding hydrogens is 276 g/mol.